The quantitative estimate of drug-likeness (QED) is 0.747. The van der Waals surface area contributed by atoms with Crippen LogP contribution >= 0.6 is 0 Å². The maximum Gasteiger partial charge on any atom is 0.321 e. The molecule has 4 rings (SSSR count). The molecule has 3 aliphatic heterocycles. The molecule has 0 bridgehead atoms. The molecule has 3 aliphatic rings. The van der Waals surface area contributed by atoms with Gasteiger partial charge in [0.05, 0.1) is 7.11 Å². The standard InChI is InChI=1S/C22H31N5O4/c1-31-19-4-2-18(3-5-19)24-22(30)27-10-6-16-14-20(28)25(9-7-17(16)15-27)12-13-26-11-8-23-21(26)29/h2-5,16-17H,6-15H2,1H3,(H,23,29)(H,24,30)/t16-,17-/m0/s1. The lowest BCUT2D eigenvalue weighted by molar-refractivity contribution is -0.131. The van der Waals surface area contributed by atoms with Crippen molar-refractivity contribution in [3.05, 3.63) is 24.3 Å². The fourth-order valence-electron chi connectivity index (χ4n) is 4.74. The number of fused-ring (bicyclic) bond motifs is 1. The minimum atomic E-state index is -0.101. The highest BCUT2D eigenvalue weighted by Gasteiger charge is 2.36. The molecule has 2 N–H and O–H groups in total. The molecule has 0 spiro atoms. The number of nitrogens with one attached hydrogen (secondary N) is 2. The van der Waals surface area contributed by atoms with Crippen molar-refractivity contribution in [2.75, 3.05) is 58.2 Å². The zero-order chi connectivity index (χ0) is 21.8. The second-order valence-corrected chi connectivity index (χ2v) is 8.51. The van der Waals surface area contributed by atoms with E-state index in [2.05, 4.69) is 10.6 Å². The van der Waals surface area contributed by atoms with Gasteiger partial charge in [0.15, 0.2) is 0 Å². The first kappa shape index (κ1) is 21.3. The summed E-state index contributed by atoms with van der Waals surface area (Å²) in [5.41, 5.74) is 0.737. The van der Waals surface area contributed by atoms with Crippen molar-refractivity contribution in [1.29, 1.82) is 0 Å². The lowest BCUT2D eigenvalue weighted by Gasteiger charge is -2.37. The van der Waals surface area contributed by atoms with Gasteiger partial charge in [0, 0.05) is 57.9 Å². The summed E-state index contributed by atoms with van der Waals surface area (Å²) in [7, 11) is 1.61. The molecule has 1 aromatic carbocycles. The maximum absolute atomic E-state index is 12.8. The second kappa shape index (κ2) is 9.45. The summed E-state index contributed by atoms with van der Waals surface area (Å²) in [6.45, 7) is 4.53. The predicted molar refractivity (Wildman–Crippen MR) is 116 cm³/mol. The van der Waals surface area contributed by atoms with E-state index in [-0.39, 0.29) is 18.0 Å². The van der Waals surface area contributed by atoms with E-state index in [1.54, 1.807) is 12.0 Å². The number of rotatable bonds is 5. The summed E-state index contributed by atoms with van der Waals surface area (Å²) in [6.07, 6.45) is 2.26. The first-order valence-electron chi connectivity index (χ1n) is 11.0. The molecule has 0 unspecified atom stereocenters. The van der Waals surface area contributed by atoms with Crippen LogP contribution in [0.5, 0.6) is 5.75 Å². The van der Waals surface area contributed by atoms with Crippen molar-refractivity contribution in [3.63, 3.8) is 0 Å². The highest BCUT2D eigenvalue weighted by Crippen LogP contribution is 2.32. The van der Waals surface area contributed by atoms with Gasteiger partial charge in [-0.25, -0.2) is 9.59 Å². The Morgan fingerprint density at radius 1 is 1.06 bits per heavy atom. The van der Waals surface area contributed by atoms with E-state index in [1.165, 1.54) is 0 Å². The van der Waals surface area contributed by atoms with Crippen molar-refractivity contribution in [3.8, 4) is 5.75 Å². The van der Waals surface area contributed by atoms with E-state index in [0.717, 1.165) is 24.3 Å². The zero-order valence-corrected chi connectivity index (χ0v) is 18.0. The van der Waals surface area contributed by atoms with Crippen LogP contribution in [-0.2, 0) is 4.79 Å². The van der Waals surface area contributed by atoms with Crippen LogP contribution in [0.15, 0.2) is 24.3 Å². The van der Waals surface area contributed by atoms with Gasteiger partial charge in [-0.1, -0.05) is 0 Å². The highest BCUT2D eigenvalue weighted by atomic mass is 16.5. The number of likely N-dealkylation sites (tertiary alicyclic amines) is 2. The van der Waals surface area contributed by atoms with Gasteiger partial charge in [-0.05, 0) is 48.9 Å². The summed E-state index contributed by atoms with van der Waals surface area (Å²) in [6, 6.07) is 7.14. The number of urea groups is 2. The van der Waals surface area contributed by atoms with E-state index >= 15 is 0 Å². The Labute approximate surface area is 182 Å². The minimum absolute atomic E-state index is 0.0468. The van der Waals surface area contributed by atoms with Crippen LogP contribution in [0.1, 0.15) is 19.3 Å². The average Bonchev–Trinajstić information content (AvgIpc) is 3.12. The van der Waals surface area contributed by atoms with Crippen LogP contribution in [0.25, 0.3) is 0 Å². The number of carbonyl (C=O) groups is 3. The van der Waals surface area contributed by atoms with Gasteiger partial charge in [0.1, 0.15) is 5.75 Å². The first-order chi connectivity index (χ1) is 15.0. The van der Waals surface area contributed by atoms with Crippen molar-refractivity contribution >= 4 is 23.7 Å². The van der Waals surface area contributed by atoms with Gasteiger partial charge in [0.25, 0.3) is 0 Å². The maximum atomic E-state index is 12.8. The number of hydrogen-bond acceptors (Lipinski definition) is 4. The number of nitrogens with zero attached hydrogens (tertiary/aromatic N) is 3. The Bertz CT molecular complexity index is 815. The van der Waals surface area contributed by atoms with Crippen molar-refractivity contribution < 1.29 is 19.1 Å². The number of hydrogen-bond donors (Lipinski definition) is 2. The Balaban J connectivity index is 1.29. The van der Waals surface area contributed by atoms with Gasteiger partial charge in [-0.2, -0.15) is 0 Å². The Hall–Kier alpha value is -2.97. The third-order valence-corrected chi connectivity index (χ3v) is 6.66. The number of methoxy groups -OCH3 is 1. The third kappa shape index (κ3) is 5.03. The zero-order valence-electron chi connectivity index (χ0n) is 18.0. The summed E-state index contributed by atoms with van der Waals surface area (Å²) in [5, 5.41) is 5.75. The first-order valence-corrected chi connectivity index (χ1v) is 11.0. The molecule has 5 amide bonds. The van der Waals surface area contributed by atoms with E-state index in [9.17, 15) is 14.4 Å². The van der Waals surface area contributed by atoms with E-state index in [1.807, 2.05) is 34.1 Å². The summed E-state index contributed by atoms with van der Waals surface area (Å²) >= 11 is 0. The highest BCUT2D eigenvalue weighted by molar-refractivity contribution is 5.89. The number of carbonyl (C=O) groups excluding carboxylic acids is 3. The van der Waals surface area contributed by atoms with Gasteiger partial charge < -0.3 is 30.1 Å². The van der Waals surface area contributed by atoms with E-state index in [0.29, 0.717) is 64.1 Å². The third-order valence-electron chi connectivity index (χ3n) is 6.66. The van der Waals surface area contributed by atoms with Crippen LogP contribution in [0.4, 0.5) is 15.3 Å². The Kier molecular flexibility index (Phi) is 6.48. The molecule has 3 heterocycles. The van der Waals surface area contributed by atoms with Gasteiger partial charge in [-0.3, -0.25) is 4.79 Å². The molecule has 0 aliphatic carbocycles. The molecule has 0 saturated carbocycles. The smallest absolute Gasteiger partial charge is 0.321 e. The Morgan fingerprint density at radius 2 is 1.81 bits per heavy atom. The molecule has 0 radical (unpaired) electrons. The SMILES string of the molecule is COc1ccc(NC(=O)N2CC[C@H]3CC(=O)N(CCN4CCNC4=O)CC[C@H]3C2)cc1. The molecule has 2 atom stereocenters. The van der Waals surface area contributed by atoms with Crippen LogP contribution < -0.4 is 15.4 Å². The molecule has 168 valence electrons. The molecule has 3 fully saturated rings. The molecule has 1 aromatic rings. The van der Waals surface area contributed by atoms with Crippen LogP contribution in [0.2, 0.25) is 0 Å². The fraction of sp³-hybridized carbons (Fsp3) is 0.591. The Morgan fingerprint density at radius 3 is 2.52 bits per heavy atom. The molecule has 9 heteroatoms. The number of piperidine rings is 1. The van der Waals surface area contributed by atoms with Gasteiger partial charge in [-0.15, -0.1) is 0 Å². The molecule has 9 nitrogen and oxygen atoms in total. The minimum Gasteiger partial charge on any atom is -0.497 e. The van der Waals surface area contributed by atoms with Crippen molar-refractivity contribution in [2.45, 2.75) is 19.3 Å². The lowest BCUT2D eigenvalue weighted by Crippen LogP contribution is -2.45. The number of benzene rings is 1. The van der Waals surface area contributed by atoms with E-state index < -0.39 is 0 Å². The van der Waals surface area contributed by atoms with Crippen molar-refractivity contribution in [1.82, 2.24) is 20.0 Å². The molecule has 31 heavy (non-hydrogen) atoms. The van der Waals surface area contributed by atoms with E-state index in [4.69, 9.17) is 4.74 Å². The molecule has 0 aromatic heterocycles. The summed E-state index contributed by atoms with van der Waals surface area (Å²) < 4.78 is 5.15. The molecule has 3 saturated heterocycles. The van der Waals surface area contributed by atoms with Crippen LogP contribution in [0.3, 0.4) is 0 Å². The topological polar surface area (TPSA) is 94.2 Å². The predicted octanol–water partition coefficient (Wildman–Crippen LogP) is 1.81. The fourth-order valence-corrected chi connectivity index (χ4v) is 4.74. The molecular formula is C22H31N5O4. The number of anilines is 1. The lowest BCUT2D eigenvalue weighted by atomic mass is 9.82. The normalized spacial score (nSPS) is 23.8. The largest absolute Gasteiger partial charge is 0.497 e. The second-order valence-electron chi connectivity index (χ2n) is 8.51. The van der Waals surface area contributed by atoms with Crippen molar-refractivity contribution in [2.24, 2.45) is 11.8 Å². The number of amides is 5. The van der Waals surface area contributed by atoms with Crippen LogP contribution in [0, 0.1) is 11.8 Å². The monoisotopic (exact) mass is 429 g/mol. The average molecular weight is 430 g/mol. The summed E-state index contributed by atoms with van der Waals surface area (Å²) in [5.74, 6) is 1.55. The molecular weight excluding hydrogens is 398 g/mol. The number of ether oxygens (including phenoxy) is 1. The summed E-state index contributed by atoms with van der Waals surface area (Å²) in [4.78, 5) is 42.8. The van der Waals surface area contributed by atoms with Gasteiger partial charge in [0.2, 0.25) is 5.91 Å². The van der Waals surface area contributed by atoms with Gasteiger partial charge >= 0.3 is 12.1 Å². The van der Waals surface area contributed by atoms with Crippen LogP contribution in [-0.4, -0.2) is 85.6 Å².